The number of hydrogen-bond acceptors (Lipinski definition) is 4. The number of carbonyl (C=O) groups is 1. The van der Waals surface area contributed by atoms with Crippen LogP contribution in [-0.4, -0.2) is 18.7 Å². The van der Waals surface area contributed by atoms with E-state index in [1.54, 1.807) is 24.3 Å². The van der Waals surface area contributed by atoms with Crippen LogP contribution in [0.5, 0.6) is 5.75 Å². The Morgan fingerprint density at radius 1 is 1.30 bits per heavy atom. The molecule has 1 aromatic carbocycles. The lowest BCUT2D eigenvalue weighted by molar-refractivity contribution is -0.151. The lowest BCUT2D eigenvalue weighted by Gasteiger charge is -2.26. The lowest BCUT2D eigenvalue weighted by atomic mass is 9.89. The Bertz CT molecular complexity index is 430. The molecule has 0 amide bonds. The molecule has 0 heterocycles. The van der Waals surface area contributed by atoms with Crippen molar-refractivity contribution in [3.05, 3.63) is 24.3 Å². The molecule has 1 aromatic rings. The van der Waals surface area contributed by atoms with Crippen molar-refractivity contribution >= 4 is 11.7 Å². The maximum absolute atomic E-state index is 11.7. The maximum atomic E-state index is 11.7. The summed E-state index contributed by atoms with van der Waals surface area (Å²) in [4.78, 5) is 11.7. The van der Waals surface area contributed by atoms with Gasteiger partial charge in [-0.1, -0.05) is 13.3 Å². The van der Waals surface area contributed by atoms with Crippen molar-refractivity contribution in [2.75, 3.05) is 12.3 Å². The molecule has 0 bridgehead atoms. The Hall–Kier alpha value is -1.71. The average molecular weight is 277 g/mol. The predicted molar refractivity (Wildman–Crippen MR) is 78.5 cm³/mol. The van der Waals surface area contributed by atoms with Crippen molar-refractivity contribution in [2.24, 2.45) is 5.92 Å². The van der Waals surface area contributed by atoms with Gasteiger partial charge in [-0.2, -0.15) is 0 Å². The third kappa shape index (κ3) is 4.76. The van der Waals surface area contributed by atoms with Gasteiger partial charge in [-0.25, -0.2) is 0 Å². The van der Waals surface area contributed by atoms with Crippen LogP contribution in [0.4, 0.5) is 5.69 Å². The van der Waals surface area contributed by atoms with Gasteiger partial charge in [-0.15, -0.1) is 0 Å². The van der Waals surface area contributed by atoms with Crippen molar-refractivity contribution in [1.82, 2.24) is 0 Å². The summed E-state index contributed by atoms with van der Waals surface area (Å²) >= 11 is 0. The van der Waals surface area contributed by atoms with Crippen molar-refractivity contribution < 1.29 is 14.3 Å². The first kappa shape index (κ1) is 14.7. The molecule has 0 aromatic heterocycles. The standard InChI is InChI=1S/C16H23NO3/c1-12-3-2-4-15(11-12)20-16(18)9-10-19-14-7-5-13(17)6-8-14/h5-8,12,15H,2-4,9-11,17H2,1H3. The molecule has 110 valence electrons. The number of benzene rings is 1. The van der Waals surface area contributed by atoms with Crippen LogP contribution >= 0.6 is 0 Å². The number of rotatable bonds is 5. The highest BCUT2D eigenvalue weighted by Gasteiger charge is 2.21. The summed E-state index contributed by atoms with van der Waals surface area (Å²) < 4.78 is 11.0. The Balaban J connectivity index is 1.66. The van der Waals surface area contributed by atoms with Gasteiger partial charge in [0.2, 0.25) is 0 Å². The molecule has 0 radical (unpaired) electrons. The highest BCUT2D eigenvalue weighted by atomic mass is 16.5. The van der Waals surface area contributed by atoms with Gasteiger partial charge >= 0.3 is 5.97 Å². The summed E-state index contributed by atoms with van der Waals surface area (Å²) in [5.74, 6) is 1.21. The maximum Gasteiger partial charge on any atom is 0.309 e. The summed E-state index contributed by atoms with van der Waals surface area (Å²) in [6.07, 6.45) is 4.77. The van der Waals surface area contributed by atoms with Gasteiger partial charge in [0.1, 0.15) is 11.9 Å². The summed E-state index contributed by atoms with van der Waals surface area (Å²) in [6, 6.07) is 7.14. The molecule has 2 rings (SSSR count). The number of carbonyl (C=O) groups excluding carboxylic acids is 1. The topological polar surface area (TPSA) is 61.5 Å². The molecule has 0 aliphatic heterocycles. The minimum absolute atomic E-state index is 0.0998. The number of ether oxygens (including phenoxy) is 2. The molecule has 4 nitrogen and oxygen atoms in total. The van der Waals surface area contributed by atoms with Crippen LogP contribution < -0.4 is 10.5 Å². The lowest BCUT2D eigenvalue weighted by Crippen LogP contribution is -2.25. The monoisotopic (exact) mass is 277 g/mol. The number of anilines is 1. The van der Waals surface area contributed by atoms with Crippen molar-refractivity contribution in [3.63, 3.8) is 0 Å². The highest BCUT2D eigenvalue weighted by Crippen LogP contribution is 2.25. The zero-order valence-corrected chi connectivity index (χ0v) is 12.0. The second-order valence-corrected chi connectivity index (χ2v) is 5.55. The first-order valence-electron chi connectivity index (χ1n) is 7.31. The Labute approximate surface area is 120 Å². The fraction of sp³-hybridized carbons (Fsp3) is 0.562. The van der Waals surface area contributed by atoms with Crippen LogP contribution in [0.15, 0.2) is 24.3 Å². The van der Waals surface area contributed by atoms with Crippen LogP contribution in [0, 0.1) is 5.92 Å². The van der Waals surface area contributed by atoms with E-state index in [0.717, 1.165) is 25.0 Å². The summed E-state index contributed by atoms with van der Waals surface area (Å²) in [5.41, 5.74) is 6.29. The van der Waals surface area contributed by atoms with Crippen LogP contribution in [0.25, 0.3) is 0 Å². The van der Waals surface area contributed by atoms with E-state index in [4.69, 9.17) is 15.2 Å². The van der Waals surface area contributed by atoms with Gasteiger partial charge in [-0.05, 0) is 49.4 Å². The number of nitrogen functional groups attached to an aromatic ring is 1. The molecular weight excluding hydrogens is 254 g/mol. The van der Waals surface area contributed by atoms with Crippen molar-refractivity contribution in [3.8, 4) is 5.75 Å². The summed E-state index contributed by atoms with van der Waals surface area (Å²) in [5, 5.41) is 0. The summed E-state index contributed by atoms with van der Waals surface area (Å²) in [7, 11) is 0. The van der Waals surface area contributed by atoms with Gasteiger partial charge < -0.3 is 15.2 Å². The molecule has 20 heavy (non-hydrogen) atoms. The zero-order valence-electron chi connectivity index (χ0n) is 12.0. The van der Waals surface area contributed by atoms with Crippen LogP contribution in [0.2, 0.25) is 0 Å². The molecule has 1 saturated carbocycles. The Morgan fingerprint density at radius 3 is 2.75 bits per heavy atom. The molecule has 2 N–H and O–H groups in total. The van der Waals surface area contributed by atoms with Gasteiger partial charge in [0.25, 0.3) is 0 Å². The van der Waals surface area contributed by atoms with Crippen LogP contribution in [0.1, 0.15) is 39.0 Å². The zero-order chi connectivity index (χ0) is 14.4. The largest absolute Gasteiger partial charge is 0.493 e. The normalized spacial score (nSPS) is 22.2. The smallest absolute Gasteiger partial charge is 0.309 e. The van der Waals surface area contributed by atoms with E-state index in [1.165, 1.54) is 6.42 Å². The van der Waals surface area contributed by atoms with Crippen molar-refractivity contribution in [2.45, 2.75) is 45.1 Å². The second kappa shape index (κ2) is 7.17. The van der Waals surface area contributed by atoms with Gasteiger partial charge in [0.15, 0.2) is 0 Å². The van der Waals surface area contributed by atoms with E-state index in [2.05, 4.69) is 6.92 Å². The molecule has 2 unspecified atom stereocenters. The fourth-order valence-corrected chi connectivity index (χ4v) is 2.55. The second-order valence-electron chi connectivity index (χ2n) is 5.55. The van der Waals surface area contributed by atoms with E-state index in [0.29, 0.717) is 18.2 Å². The van der Waals surface area contributed by atoms with E-state index >= 15 is 0 Å². The molecule has 1 aliphatic rings. The minimum Gasteiger partial charge on any atom is -0.493 e. The van der Waals surface area contributed by atoms with Gasteiger partial charge in [-0.3, -0.25) is 4.79 Å². The van der Waals surface area contributed by atoms with Gasteiger partial charge in [0, 0.05) is 5.69 Å². The Morgan fingerprint density at radius 2 is 2.05 bits per heavy atom. The van der Waals surface area contributed by atoms with Crippen molar-refractivity contribution in [1.29, 1.82) is 0 Å². The van der Waals surface area contributed by atoms with Crippen LogP contribution in [0.3, 0.4) is 0 Å². The number of nitrogens with two attached hydrogens (primary N) is 1. The van der Waals surface area contributed by atoms with E-state index in [1.807, 2.05) is 0 Å². The van der Waals surface area contributed by atoms with E-state index < -0.39 is 0 Å². The highest BCUT2D eigenvalue weighted by molar-refractivity contribution is 5.69. The number of hydrogen-bond donors (Lipinski definition) is 1. The van der Waals surface area contributed by atoms with Crippen LogP contribution in [-0.2, 0) is 9.53 Å². The first-order chi connectivity index (χ1) is 9.63. The SMILES string of the molecule is CC1CCCC(OC(=O)CCOc2ccc(N)cc2)C1. The molecule has 2 atom stereocenters. The predicted octanol–water partition coefficient (Wildman–Crippen LogP) is 3.16. The summed E-state index contributed by atoms with van der Waals surface area (Å²) in [6.45, 7) is 2.55. The van der Waals surface area contributed by atoms with E-state index in [-0.39, 0.29) is 18.5 Å². The average Bonchev–Trinajstić information content (AvgIpc) is 2.41. The molecule has 0 saturated heterocycles. The minimum atomic E-state index is -0.167. The molecule has 1 aliphatic carbocycles. The third-order valence-corrected chi connectivity index (χ3v) is 3.64. The third-order valence-electron chi connectivity index (χ3n) is 3.64. The van der Waals surface area contributed by atoms with Gasteiger partial charge in [0.05, 0.1) is 13.0 Å². The molecule has 0 spiro atoms. The quantitative estimate of drug-likeness (QED) is 0.663. The molecule has 1 fully saturated rings. The molecular formula is C16H23NO3. The first-order valence-corrected chi connectivity index (χ1v) is 7.31. The fourth-order valence-electron chi connectivity index (χ4n) is 2.55. The Kier molecular flexibility index (Phi) is 5.27. The van der Waals surface area contributed by atoms with E-state index in [9.17, 15) is 4.79 Å². The number of esters is 1. The molecule has 4 heteroatoms.